The molecule has 0 radical (unpaired) electrons. The maximum Gasteiger partial charge on any atom is 0.257 e. The van der Waals surface area contributed by atoms with Crippen LogP contribution in [0.15, 0.2) is 23.0 Å². The van der Waals surface area contributed by atoms with Gasteiger partial charge in [-0.3, -0.25) is 4.79 Å². The summed E-state index contributed by atoms with van der Waals surface area (Å²) in [6.07, 6.45) is 4.04. The number of rotatable bonds is 4. The highest BCUT2D eigenvalue weighted by Crippen LogP contribution is 2.34. The molecule has 8 heteroatoms. The van der Waals surface area contributed by atoms with Gasteiger partial charge < -0.3 is 14.1 Å². The van der Waals surface area contributed by atoms with Gasteiger partial charge in [0.25, 0.3) is 5.91 Å². The predicted octanol–water partition coefficient (Wildman–Crippen LogP) is -0.0842. The zero-order valence-electron chi connectivity index (χ0n) is 11.7. The number of sulfonamides is 1. The van der Waals surface area contributed by atoms with Crippen molar-refractivity contribution in [2.75, 3.05) is 32.5 Å². The van der Waals surface area contributed by atoms with E-state index in [-0.39, 0.29) is 23.8 Å². The summed E-state index contributed by atoms with van der Waals surface area (Å²) in [5, 5.41) is 0. The van der Waals surface area contributed by atoms with Crippen LogP contribution >= 0.6 is 0 Å². The second kappa shape index (κ2) is 5.43. The first-order valence-electron chi connectivity index (χ1n) is 6.82. The van der Waals surface area contributed by atoms with Crippen molar-refractivity contribution in [3.05, 3.63) is 24.2 Å². The highest BCUT2D eigenvalue weighted by atomic mass is 32.2. The molecule has 1 aromatic heterocycles. The Labute approximate surface area is 123 Å². The van der Waals surface area contributed by atoms with Crippen molar-refractivity contribution >= 4 is 15.9 Å². The topological polar surface area (TPSA) is 88.9 Å². The lowest BCUT2D eigenvalue weighted by atomic mass is 9.93. The number of furan rings is 1. The Morgan fingerprint density at radius 2 is 2.29 bits per heavy atom. The fourth-order valence-electron chi connectivity index (χ4n) is 3.00. The van der Waals surface area contributed by atoms with Crippen molar-refractivity contribution in [1.82, 2.24) is 9.62 Å². The fraction of sp³-hybridized carbons (Fsp3) is 0.615. The van der Waals surface area contributed by atoms with Gasteiger partial charge in [0.1, 0.15) is 6.26 Å². The lowest BCUT2D eigenvalue weighted by Gasteiger charge is -2.19. The monoisotopic (exact) mass is 314 g/mol. The van der Waals surface area contributed by atoms with Crippen LogP contribution in [-0.4, -0.2) is 57.8 Å². The minimum atomic E-state index is -3.20. The van der Waals surface area contributed by atoms with Crippen LogP contribution in [0.1, 0.15) is 10.4 Å². The summed E-state index contributed by atoms with van der Waals surface area (Å²) >= 11 is 0. The van der Waals surface area contributed by atoms with E-state index in [4.69, 9.17) is 9.15 Å². The van der Waals surface area contributed by atoms with E-state index in [1.807, 2.05) is 0 Å². The minimum absolute atomic E-state index is 0.00721. The number of fused-ring (bicyclic) bond motifs is 1. The van der Waals surface area contributed by atoms with Crippen LogP contribution in [0.5, 0.6) is 0 Å². The molecule has 1 amide bonds. The van der Waals surface area contributed by atoms with Crippen LogP contribution in [-0.2, 0) is 14.8 Å². The maximum atomic E-state index is 12.3. The Kier molecular flexibility index (Phi) is 3.76. The molecule has 21 heavy (non-hydrogen) atoms. The average Bonchev–Trinajstić information content (AvgIpc) is 3.11. The zero-order chi connectivity index (χ0) is 15.0. The molecule has 3 rings (SSSR count). The Hall–Kier alpha value is -1.38. The van der Waals surface area contributed by atoms with Gasteiger partial charge >= 0.3 is 0 Å². The third kappa shape index (κ3) is 3.12. The number of hydrogen-bond acceptors (Lipinski definition) is 5. The highest BCUT2D eigenvalue weighted by molar-refractivity contribution is 7.88. The van der Waals surface area contributed by atoms with Gasteiger partial charge in [0.05, 0.1) is 30.8 Å². The van der Waals surface area contributed by atoms with Crippen molar-refractivity contribution in [3.8, 4) is 0 Å². The first kappa shape index (κ1) is 14.6. The summed E-state index contributed by atoms with van der Waals surface area (Å²) in [6.45, 7) is 2.02. The van der Waals surface area contributed by atoms with E-state index in [0.717, 1.165) is 6.26 Å². The molecule has 3 atom stereocenters. The first-order valence-corrected chi connectivity index (χ1v) is 8.71. The molecule has 2 saturated heterocycles. The molecule has 0 saturated carbocycles. The third-order valence-corrected chi connectivity index (χ3v) is 4.79. The van der Waals surface area contributed by atoms with Gasteiger partial charge in [-0.1, -0.05) is 0 Å². The fourth-order valence-corrected chi connectivity index (χ4v) is 3.52. The first-order chi connectivity index (χ1) is 9.94. The number of carbonyl (C=O) groups is 1. The van der Waals surface area contributed by atoms with Crippen LogP contribution in [0.3, 0.4) is 0 Å². The summed E-state index contributed by atoms with van der Waals surface area (Å²) in [5.41, 5.74) is 0.529. The minimum Gasteiger partial charge on any atom is -0.472 e. The Morgan fingerprint density at radius 1 is 1.48 bits per heavy atom. The number of hydrogen-bond donors (Lipinski definition) is 1. The molecule has 7 nitrogen and oxygen atoms in total. The molecular weight excluding hydrogens is 296 g/mol. The summed E-state index contributed by atoms with van der Waals surface area (Å²) < 4.78 is 35.5. The van der Waals surface area contributed by atoms with Gasteiger partial charge in [-0.25, -0.2) is 13.1 Å². The van der Waals surface area contributed by atoms with Crippen molar-refractivity contribution in [3.63, 3.8) is 0 Å². The smallest absolute Gasteiger partial charge is 0.257 e. The SMILES string of the molecule is CS(=O)(=O)NC[C@@H]1CO[C@H]2CN(C(=O)c3ccoc3)C[C@@H]12. The number of amides is 1. The van der Waals surface area contributed by atoms with Crippen LogP contribution in [0.4, 0.5) is 0 Å². The van der Waals surface area contributed by atoms with Gasteiger partial charge in [0.2, 0.25) is 10.0 Å². The molecule has 0 spiro atoms. The molecule has 2 aliphatic heterocycles. The number of likely N-dealkylation sites (tertiary alicyclic amines) is 1. The van der Waals surface area contributed by atoms with Crippen LogP contribution < -0.4 is 4.72 Å². The number of nitrogens with zero attached hydrogens (tertiary/aromatic N) is 1. The average molecular weight is 314 g/mol. The summed E-state index contributed by atoms with van der Waals surface area (Å²) in [7, 11) is -3.20. The third-order valence-electron chi connectivity index (χ3n) is 4.10. The largest absolute Gasteiger partial charge is 0.472 e. The van der Waals surface area contributed by atoms with E-state index >= 15 is 0 Å². The summed E-state index contributed by atoms with van der Waals surface area (Å²) in [4.78, 5) is 14.0. The molecule has 1 aromatic rings. The van der Waals surface area contributed by atoms with E-state index in [2.05, 4.69) is 4.72 Å². The quantitative estimate of drug-likeness (QED) is 0.839. The Balaban J connectivity index is 1.62. The van der Waals surface area contributed by atoms with Crippen molar-refractivity contribution < 1.29 is 22.4 Å². The number of carbonyl (C=O) groups excluding carboxylic acids is 1. The van der Waals surface area contributed by atoms with E-state index < -0.39 is 10.0 Å². The summed E-state index contributed by atoms with van der Waals surface area (Å²) in [5.74, 6) is 0.207. The standard InChI is InChI=1S/C13H18N2O5S/c1-21(17,18)14-4-10-8-20-12-6-15(5-11(10)12)13(16)9-2-3-19-7-9/h2-3,7,10-12,14H,4-6,8H2,1H3/t10-,11+,12+/m1/s1. The van der Waals surface area contributed by atoms with Crippen molar-refractivity contribution in [2.24, 2.45) is 11.8 Å². The molecule has 2 fully saturated rings. The van der Waals surface area contributed by atoms with Gasteiger partial charge in [-0.15, -0.1) is 0 Å². The van der Waals surface area contributed by atoms with Crippen LogP contribution in [0.2, 0.25) is 0 Å². The van der Waals surface area contributed by atoms with E-state index in [9.17, 15) is 13.2 Å². The molecule has 0 bridgehead atoms. The van der Waals surface area contributed by atoms with E-state index in [1.54, 1.807) is 11.0 Å². The lowest BCUT2D eigenvalue weighted by molar-refractivity contribution is 0.0678. The van der Waals surface area contributed by atoms with Gasteiger partial charge in [-0.2, -0.15) is 0 Å². The molecule has 0 aliphatic carbocycles. The Morgan fingerprint density at radius 3 is 2.95 bits per heavy atom. The molecule has 2 aliphatic rings. The normalized spacial score (nSPS) is 28.8. The molecular formula is C13H18N2O5S. The van der Waals surface area contributed by atoms with Crippen molar-refractivity contribution in [2.45, 2.75) is 6.10 Å². The predicted molar refractivity (Wildman–Crippen MR) is 74.2 cm³/mol. The van der Waals surface area contributed by atoms with E-state index in [0.29, 0.717) is 31.8 Å². The molecule has 1 N–H and O–H groups in total. The lowest BCUT2D eigenvalue weighted by Crippen LogP contribution is -2.34. The molecule has 3 heterocycles. The van der Waals surface area contributed by atoms with Crippen molar-refractivity contribution in [1.29, 1.82) is 0 Å². The van der Waals surface area contributed by atoms with Gasteiger partial charge in [0, 0.05) is 31.5 Å². The number of nitrogens with one attached hydrogen (secondary N) is 1. The van der Waals surface area contributed by atoms with Gasteiger partial charge in [0.15, 0.2) is 0 Å². The second-order valence-corrected chi connectivity index (χ2v) is 7.47. The van der Waals surface area contributed by atoms with E-state index in [1.165, 1.54) is 12.5 Å². The molecule has 0 unspecified atom stereocenters. The van der Waals surface area contributed by atoms with Crippen LogP contribution in [0.25, 0.3) is 0 Å². The molecule has 116 valence electrons. The van der Waals surface area contributed by atoms with Crippen LogP contribution in [0, 0.1) is 11.8 Å². The van der Waals surface area contributed by atoms with Gasteiger partial charge in [-0.05, 0) is 6.07 Å². The highest BCUT2D eigenvalue weighted by Gasteiger charge is 2.45. The maximum absolute atomic E-state index is 12.3. The number of ether oxygens (including phenoxy) is 1. The second-order valence-electron chi connectivity index (χ2n) is 5.64. The molecule has 0 aromatic carbocycles. The Bertz CT molecular complexity index is 613. The summed E-state index contributed by atoms with van der Waals surface area (Å²) in [6, 6.07) is 1.64. The zero-order valence-corrected chi connectivity index (χ0v) is 12.5.